The van der Waals surface area contributed by atoms with Crippen molar-refractivity contribution in [3.8, 4) is 0 Å². The van der Waals surface area contributed by atoms with Gasteiger partial charge in [0, 0.05) is 6.04 Å². The largest absolute Gasteiger partial charge is 0.313 e. The summed E-state index contributed by atoms with van der Waals surface area (Å²) in [6.45, 7) is 0. The van der Waals surface area contributed by atoms with Gasteiger partial charge in [-0.05, 0) is 53.6 Å². The minimum absolute atomic E-state index is 0.186. The summed E-state index contributed by atoms with van der Waals surface area (Å²) in [5, 5.41) is 7.48. The number of rotatable bonds is 4. The molecule has 0 amide bonds. The van der Waals surface area contributed by atoms with Gasteiger partial charge in [-0.3, -0.25) is 0 Å². The van der Waals surface area contributed by atoms with Crippen molar-refractivity contribution >= 4 is 11.3 Å². The molecule has 0 radical (unpaired) electrons. The number of benzene rings is 1. The molecule has 1 atom stereocenters. The summed E-state index contributed by atoms with van der Waals surface area (Å²) in [5.74, 6) is -0.186. The highest BCUT2D eigenvalue weighted by Crippen LogP contribution is 2.19. The summed E-state index contributed by atoms with van der Waals surface area (Å²) in [6, 6.07) is 9.06. The quantitative estimate of drug-likeness (QED) is 0.856. The van der Waals surface area contributed by atoms with Crippen molar-refractivity contribution in [2.24, 2.45) is 0 Å². The molecule has 84 valence electrons. The van der Waals surface area contributed by atoms with E-state index in [0.29, 0.717) is 0 Å². The van der Waals surface area contributed by atoms with Crippen LogP contribution in [0.4, 0.5) is 4.39 Å². The van der Waals surface area contributed by atoms with E-state index in [1.807, 2.05) is 19.2 Å². The van der Waals surface area contributed by atoms with Crippen molar-refractivity contribution in [1.29, 1.82) is 0 Å². The van der Waals surface area contributed by atoms with E-state index in [2.05, 4.69) is 22.1 Å². The van der Waals surface area contributed by atoms with Gasteiger partial charge in [0.25, 0.3) is 0 Å². The van der Waals surface area contributed by atoms with Gasteiger partial charge in [-0.2, -0.15) is 11.3 Å². The maximum Gasteiger partial charge on any atom is 0.123 e. The molecule has 0 saturated carbocycles. The number of halogens is 1. The fourth-order valence-corrected chi connectivity index (χ4v) is 2.41. The molecule has 1 aromatic carbocycles. The molecule has 2 aromatic rings. The van der Waals surface area contributed by atoms with Crippen molar-refractivity contribution < 1.29 is 4.39 Å². The van der Waals surface area contributed by atoms with Crippen LogP contribution in [0.1, 0.15) is 17.2 Å². The molecule has 1 nitrogen and oxygen atoms in total. The molecule has 0 saturated heterocycles. The average molecular weight is 235 g/mol. The molecule has 0 bridgehead atoms. The Morgan fingerprint density at radius 3 is 2.56 bits per heavy atom. The van der Waals surface area contributed by atoms with Crippen molar-refractivity contribution in [3.05, 3.63) is 58.0 Å². The molecule has 1 unspecified atom stereocenters. The summed E-state index contributed by atoms with van der Waals surface area (Å²) in [7, 11) is 1.93. The fourth-order valence-electron chi connectivity index (χ4n) is 1.73. The zero-order valence-corrected chi connectivity index (χ0v) is 9.93. The second kappa shape index (κ2) is 5.23. The molecule has 0 aliphatic heterocycles. The molecule has 16 heavy (non-hydrogen) atoms. The third-order valence-electron chi connectivity index (χ3n) is 2.64. The Morgan fingerprint density at radius 2 is 2.00 bits per heavy atom. The lowest BCUT2D eigenvalue weighted by atomic mass is 10.0. The average Bonchev–Trinajstić information content (AvgIpc) is 2.80. The standard InChI is InChI=1S/C13H14FNS/c1-15-13(8-10-6-7-16-9-10)11-2-4-12(14)5-3-11/h2-7,9,13,15H,8H2,1H3. The highest BCUT2D eigenvalue weighted by molar-refractivity contribution is 7.07. The monoisotopic (exact) mass is 235 g/mol. The Labute approximate surface area is 98.9 Å². The van der Waals surface area contributed by atoms with Crippen LogP contribution < -0.4 is 5.32 Å². The van der Waals surface area contributed by atoms with E-state index < -0.39 is 0 Å². The predicted octanol–water partition coefficient (Wildman–Crippen LogP) is 3.39. The molecule has 1 N–H and O–H groups in total. The maximum absolute atomic E-state index is 12.8. The minimum Gasteiger partial charge on any atom is -0.313 e. The molecule has 0 fully saturated rings. The number of hydrogen-bond acceptors (Lipinski definition) is 2. The van der Waals surface area contributed by atoms with Crippen LogP contribution in [0.2, 0.25) is 0 Å². The number of nitrogens with one attached hydrogen (secondary N) is 1. The normalized spacial score (nSPS) is 12.6. The van der Waals surface area contributed by atoms with Crippen LogP contribution in [0.3, 0.4) is 0 Å². The van der Waals surface area contributed by atoms with Gasteiger partial charge in [-0.1, -0.05) is 12.1 Å². The number of thiophene rings is 1. The third-order valence-corrected chi connectivity index (χ3v) is 3.37. The van der Waals surface area contributed by atoms with Gasteiger partial charge in [-0.15, -0.1) is 0 Å². The zero-order valence-electron chi connectivity index (χ0n) is 9.11. The van der Waals surface area contributed by atoms with Crippen LogP contribution in [-0.4, -0.2) is 7.05 Å². The SMILES string of the molecule is CNC(Cc1ccsc1)c1ccc(F)cc1. The Morgan fingerprint density at radius 1 is 1.25 bits per heavy atom. The molecule has 0 spiro atoms. The molecule has 1 heterocycles. The van der Waals surface area contributed by atoms with E-state index in [-0.39, 0.29) is 11.9 Å². The second-order valence-electron chi connectivity index (χ2n) is 3.73. The first kappa shape index (κ1) is 11.3. The molecule has 0 aliphatic rings. The lowest BCUT2D eigenvalue weighted by Crippen LogP contribution is -2.18. The molecular formula is C13H14FNS. The summed E-state index contributed by atoms with van der Waals surface area (Å²) < 4.78 is 12.8. The first-order valence-electron chi connectivity index (χ1n) is 5.23. The first-order chi connectivity index (χ1) is 7.79. The van der Waals surface area contributed by atoms with Crippen molar-refractivity contribution in [2.75, 3.05) is 7.05 Å². The van der Waals surface area contributed by atoms with Gasteiger partial charge in [0.05, 0.1) is 0 Å². The summed E-state index contributed by atoms with van der Waals surface area (Å²) >= 11 is 1.70. The van der Waals surface area contributed by atoms with Crippen LogP contribution in [0.15, 0.2) is 41.1 Å². The topological polar surface area (TPSA) is 12.0 Å². The van der Waals surface area contributed by atoms with Gasteiger partial charge >= 0.3 is 0 Å². The Hall–Kier alpha value is -1.19. The fraction of sp³-hybridized carbons (Fsp3) is 0.231. The zero-order chi connectivity index (χ0) is 11.4. The molecule has 3 heteroatoms. The van der Waals surface area contributed by atoms with E-state index in [1.165, 1.54) is 17.7 Å². The summed E-state index contributed by atoms with van der Waals surface area (Å²) in [5.41, 5.74) is 2.43. The lowest BCUT2D eigenvalue weighted by molar-refractivity contribution is 0.586. The number of hydrogen-bond donors (Lipinski definition) is 1. The van der Waals surface area contributed by atoms with Crippen LogP contribution in [0, 0.1) is 5.82 Å². The van der Waals surface area contributed by atoms with Gasteiger partial charge in [-0.25, -0.2) is 4.39 Å². The van der Waals surface area contributed by atoms with Gasteiger partial charge in [0.2, 0.25) is 0 Å². The lowest BCUT2D eigenvalue weighted by Gasteiger charge is -2.15. The molecule has 2 rings (SSSR count). The Balaban J connectivity index is 2.13. The molecular weight excluding hydrogens is 221 g/mol. The van der Waals surface area contributed by atoms with Gasteiger partial charge < -0.3 is 5.32 Å². The highest BCUT2D eigenvalue weighted by Gasteiger charge is 2.10. The third kappa shape index (κ3) is 2.68. The maximum atomic E-state index is 12.8. The van der Waals surface area contributed by atoms with Gasteiger partial charge in [0.1, 0.15) is 5.82 Å². The van der Waals surface area contributed by atoms with Crippen molar-refractivity contribution in [3.63, 3.8) is 0 Å². The van der Waals surface area contributed by atoms with Crippen LogP contribution in [0.5, 0.6) is 0 Å². The van der Waals surface area contributed by atoms with E-state index in [1.54, 1.807) is 11.3 Å². The Kier molecular flexibility index (Phi) is 3.70. The van der Waals surface area contributed by atoms with Gasteiger partial charge in [0.15, 0.2) is 0 Å². The first-order valence-corrected chi connectivity index (χ1v) is 6.17. The van der Waals surface area contributed by atoms with Crippen LogP contribution in [0.25, 0.3) is 0 Å². The number of likely N-dealkylation sites (N-methyl/N-ethyl adjacent to an activating group) is 1. The van der Waals surface area contributed by atoms with E-state index in [4.69, 9.17) is 0 Å². The van der Waals surface area contributed by atoms with E-state index >= 15 is 0 Å². The molecule has 1 aromatic heterocycles. The van der Waals surface area contributed by atoms with E-state index in [9.17, 15) is 4.39 Å². The van der Waals surface area contributed by atoms with Crippen LogP contribution in [-0.2, 0) is 6.42 Å². The molecule has 0 aliphatic carbocycles. The summed E-state index contributed by atoms with van der Waals surface area (Å²) in [4.78, 5) is 0. The van der Waals surface area contributed by atoms with E-state index in [0.717, 1.165) is 12.0 Å². The van der Waals surface area contributed by atoms with Crippen molar-refractivity contribution in [2.45, 2.75) is 12.5 Å². The second-order valence-corrected chi connectivity index (χ2v) is 4.51. The predicted molar refractivity (Wildman–Crippen MR) is 66.2 cm³/mol. The van der Waals surface area contributed by atoms with Crippen LogP contribution >= 0.6 is 11.3 Å². The smallest absolute Gasteiger partial charge is 0.123 e. The Bertz CT molecular complexity index is 422. The minimum atomic E-state index is -0.186. The highest BCUT2D eigenvalue weighted by atomic mass is 32.1. The van der Waals surface area contributed by atoms with Crippen molar-refractivity contribution in [1.82, 2.24) is 5.32 Å². The summed E-state index contributed by atoms with van der Waals surface area (Å²) in [6.07, 6.45) is 0.936.